The minimum Gasteiger partial charge on any atom is -0.311 e. The van der Waals surface area contributed by atoms with E-state index >= 15 is 0 Å². The van der Waals surface area contributed by atoms with Crippen LogP contribution in [0.1, 0.15) is 27.0 Å². The predicted octanol–water partition coefficient (Wildman–Crippen LogP) is 9.41. The fourth-order valence-electron chi connectivity index (χ4n) is 4.87. The van der Waals surface area contributed by atoms with E-state index in [1.54, 1.807) is 0 Å². The molecule has 0 unspecified atom stereocenters. The number of benzene rings is 5. The van der Waals surface area contributed by atoms with Crippen LogP contribution >= 0.6 is 15.9 Å². The summed E-state index contributed by atoms with van der Waals surface area (Å²) in [7, 11) is 0. The van der Waals surface area contributed by atoms with Gasteiger partial charge >= 0.3 is 0 Å². The molecule has 1 aliphatic carbocycles. The largest absolute Gasteiger partial charge is 0.311 e. The lowest BCUT2D eigenvalue weighted by Crippen LogP contribution is -2.09. The molecule has 174 valence electrons. The number of ketones is 1. The first-order valence-corrected chi connectivity index (χ1v) is 12.8. The lowest BCUT2D eigenvalue weighted by molar-refractivity contribution is 0.104. The molecule has 0 atom stereocenters. The molecule has 0 aliphatic heterocycles. The maximum Gasteiger partial charge on any atom is 0.194 e. The van der Waals surface area contributed by atoms with Crippen LogP contribution in [0.3, 0.4) is 0 Å². The van der Waals surface area contributed by atoms with Gasteiger partial charge in [-0.05, 0) is 90.7 Å². The van der Waals surface area contributed by atoms with Crippen molar-refractivity contribution in [2.45, 2.75) is 13.8 Å². The van der Waals surface area contributed by atoms with Gasteiger partial charge in [0.2, 0.25) is 0 Å². The van der Waals surface area contributed by atoms with Crippen molar-refractivity contribution in [3.63, 3.8) is 0 Å². The lowest BCUT2D eigenvalue weighted by atomic mass is 9.98. The Morgan fingerprint density at radius 3 is 1.50 bits per heavy atom. The van der Waals surface area contributed by atoms with Crippen molar-refractivity contribution >= 4 is 38.8 Å². The molecule has 5 aromatic carbocycles. The number of aryl methyl sites for hydroxylation is 2. The van der Waals surface area contributed by atoms with Gasteiger partial charge in [0, 0.05) is 32.7 Å². The first-order valence-electron chi connectivity index (χ1n) is 12.0. The third-order valence-electron chi connectivity index (χ3n) is 6.82. The molecule has 2 nitrogen and oxygen atoms in total. The summed E-state index contributed by atoms with van der Waals surface area (Å²) < 4.78 is 0.921. The van der Waals surface area contributed by atoms with E-state index in [2.05, 4.69) is 120 Å². The fourth-order valence-corrected chi connectivity index (χ4v) is 5.23. The topological polar surface area (TPSA) is 20.3 Å². The van der Waals surface area contributed by atoms with Crippen LogP contribution in [0, 0.1) is 13.8 Å². The third kappa shape index (κ3) is 3.96. The van der Waals surface area contributed by atoms with Crippen LogP contribution in [0.25, 0.3) is 22.3 Å². The summed E-state index contributed by atoms with van der Waals surface area (Å²) in [6.07, 6.45) is 0. The number of fused-ring (bicyclic) bond motifs is 3. The van der Waals surface area contributed by atoms with Gasteiger partial charge in [-0.2, -0.15) is 0 Å². The lowest BCUT2D eigenvalue weighted by Gasteiger charge is -2.26. The van der Waals surface area contributed by atoms with E-state index in [1.165, 1.54) is 11.1 Å². The van der Waals surface area contributed by atoms with Crippen molar-refractivity contribution in [3.8, 4) is 22.3 Å². The third-order valence-corrected chi connectivity index (χ3v) is 7.32. The molecule has 6 rings (SSSR count). The summed E-state index contributed by atoms with van der Waals surface area (Å²) in [5.74, 6) is 0.0877. The molecule has 0 N–H and O–H groups in total. The molecule has 0 bridgehead atoms. The second-order valence-corrected chi connectivity index (χ2v) is 10.2. The summed E-state index contributed by atoms with van der Waals surface area (Å²) in [5, 5.41) is 0. The van der Waals surface area contributed by atoms with Crippen molar-refractivity contribution in [3.05, 3.63) is 136 Å². The highest BCUT2D eigenvalue weighted by atomic mass is 79.9. The maximum absolute atomic E-state index is 13.1. The van der Waals surface area contributed by atoms with Gasteiger partial charge in [-0.1, -0.05) is 81.7 Å². The zero-order valence-corrected chi connectivity index (χ0v) is 21.7. The first kappa shape index (κ1) is 22.5. The molecule has 36 heavy (non-hydrogen) atoms. The summed E-state index contributed by atoms with van der Waals surface area (Å²) in [5.41, 5.74) is 11.5. The second-order valence-electron chi connectivity index (χ2n) is 9.33. The van der Waals surface area contributed by atoms with Crippen LogP contribution in [0.4, 0.5) is 17.1 Å². The van der Waals surface area contributed by atoms with Crippen LogP contribution in [0.15, 0.2) is 114 Å². The SMILES string of the molecule is Cc1ccc(N(c2ccc(C)cc2)c2ccc(-c3ccc4c(c3)C(=O)c3cc(Br)ccc3-4)cc2)cc1. The minimum atomic E-state index is 0.0877. The van der Waals surface area contributed by atoms with Crippen LogP contribution in [-0.2, 0) is 0 Å². The number of carbonyl (C=O) groups is 1. The number of anilines is 3. The van der Waals surface area contributed by atoms with Crippen molar-refractivity contribution in [1.29, 1.82) is 0 Å². The Balaban J connectivity index is 1.37. The number of halogens is 1. The van der Waals surface area contributed by atoms with E-state index in [0.717, 1.165) is 54.9 Å². The molecular formula is C33H24BrNO. The number of hydrogen-bond acceptors (Lipinski definition) is 2. The number of nitrogens with zero attached hydrogens (tertiary/aromatic N) is 1. The average Bonchev–Trinajstić information content (AvgIpc) is 3.17. The molecule has 0 aromatic heterocycles. The molecule has 0 saturated heterocycles. The van der Waals surface area contributed by atoms with Gasteiger partial charge in [-0.15, -0.1) is 0 Å². The van der Waals surface area contributed by atoms with Gasteiger partial charge < -0.3 is 4.90 Å². The van der Waals surface area contributed by atoms with E-state index in [1.807, 2.05) is 24.3 Å². The highest BCUT2D eigenvalue weighted by Crippen LogP contribution is 2.40. The molecule has 1 aliphatic rings. The van der Waals surface area contributed by atoms with Crippen molar-refractivity contribution in [2.24, 2.45) is 0 Å². The van der Waals surface area contributed by atoms with Crippen molar-refractivity contribution in [1.82, 2.24) is 0 Å². The van der Waals surface area contributed by atoms with Crippen LogP contribution in [0.5, 0.6) is 0 Å². The summed E-state index contributed by atoms with van der Waals surface area (Å²) in [4.78, 5) is 15.4. The van der Waals surface area contributed by atoms with Gasteiger partial charge in [-0.25, -0.2) is 0 Å². The molecule has 5 aromatic rings. The van der Waals surface area contributed by atoms with Gasteiger partial charge in [-0.3, -0.25) is 4.79 Å². The van der Waals surface area contributed by atoms with Crippen LogP contribution in [-0.4, -0.2) is 5.78 Å². The molecule has 0 spiro atoms. The number of hydrogen-bond donors (Lipinski definition) is 0. The zero-order valence-electron chi connectivity index (χ0n) is 20.1. The summed E-state index contributed by atoms with van der Waals surface area (Å²) in [6.45, 7) is 4.21. The zero-order chi connectivity index (χ0) is 24.8. The van der Waals surface area contributed by atoms with Crippen LogP contribution < -0.4 is 4.90 Å². The van der Waals surface area contributed by atoms with Gasteiger partial charge in [0.15, 0.2) is 5.78 Å². The Labute approximate surface area is 220 Å². The van der Waals surface area contributed by atoms with E-state index in [9.17, 15) is 4.79 Å². The Kier molecular flexibility index (Phi) is 5.58. The molecule has 0 fully saturated rings. The highest BCUT2D eigenvalue weighted by Gasteiger charge is 2.27. The summed E-state index contributed by atoms with van der Waals surface area (Å²) >= 11 is 3.49. The molecule has 0 heterocycles. The molecular weight excluding hydrogens is 506 g/mol. The second kappa shape index (κ2) is 8.92. The molecule has 0 amide bonds. The average molecular weight is 530 g/mol. The Morgan fingerprint density at radius 1 is 0.500 bits per heavy atom. The number of rotatable bonds is 4. The Hall–Kier alpha value is -3.95. The molecule has 0 saturated carbocycles. The predicted molar refractivity (Wildman–Crippen MR) is 153 cm³/mol. The highest BCUT2D eigenvalue weighted by molar-refractivity contribution is 9.10. The smallest absolute Gasteiger partial charge is 0.194 e. The quantitative estimate of drug-likeness (QED) is 0.226. The minimum absolute atomic E-state index is 0.0877. The van der Waals surface area contributed by atoms with Crippen molar-refractivity contribution in [2.75, 3.05) is 4.90 Å². The van der Waals surface area contributed by atoms with Gasteiger partial charge in [0.25, 0.3) is 0 Å². The molecule has 3 heteroatoms. The van der Waals surface area contributed by atoms with Gasteiger partial charge in [0.05, 0.1) is 0 Å². The van der Waals surface area contributed by atoms with E-state index in [0.29, 0.717) is 0 Å². The van der Waals surface area contributed by atoms with Crippen molar-refractivity contribution < 1.29 is 4.79 Å². The maximum atomic E-state index is 13.1. The monoisotopic (exact) mass is 529 g/mol. The standard InChI is InChI=1S/C33H24BrNO/c1-21-3-11-26(12-4-21)35(27-13-5-22(2)6-14-27)28-15-7-23(8-16-28)24-9-17-29-30-18-10-25(34)20-32(30)33(36)31(29)19-24/h3-20H,1-2H3. The fraction of sp³-hybridized carbons (Fsp3) is 0.0606. The van der Waals surface area contributed by atoms with E-state index in [-0.39, 0.29) is 5.78 Å². The van der Waals surface area contributed by atoms with E-state index in [4.69, 9.17) is 0 Å². The van der Waals surface area contributed by atoms with Crippen LogP contribution in [0.2, 0.25) is 0 Å². The Morgan fingerprint density at radius 2 is 0.944 bits per heavy atom. The summed E-state index contributed by atoms with van der Waals surface area (Å²) in [6, 6.07) is 37.9. The van der Waals surface area contributed by atoms with E-state index < -0.39 is 0 Å². The van der Waals surface area contributed by atoms with Gasteiger partial charge in [0.1, 0.15) is 0 Å². The molecule has 0 radical (unpaired) electrons. The first-order chi connectivity index (χ1) is 17.5. The number of carbonyl (C=O) groups excluding carboxylic acids is 1. The Bertz CT molecular complexity index is 1550. The normalized spacial score (nSPS) is 11.8.